The normalized spacial score (nSPS) is 11.0. The van der Waals surface area contributed by atoms with Crippen molar-refractivity contribution in [2.24, 2.45) is 0 Å². The number of nitrogens with one attached hydrogen (secondary N) is 1. The van der Waals surface area contributed by atoms with Gasteiger partial charge in [-0.2, -0.15) is 0 Å². The Labute approximate surface area is 128 Å². The zero-order valence-corrected chi connectivity index (χ0v) is 12.9. The van der Waals surface area contributed by atoms with Crippen LogP contribution in [0.2, 0.25) is 0 Å². The molecular formula is C14H15N3O4S. The monoisotopic (exact) mass is 321 g/mol. The Morgan fingerprint density at radius 3 is 2.50 bits per heavy atom. The lowest BCUT2D eigenvalue weighted by Gasteiger charge is -2.07. The fourth-order valence-corrected chi connectivity index (χ4v) is 2.30. The Kier molecular flexibility index (Phi) is 4.71. The third-order valence-corrected chi connectivity index (χ3v) is 3.84. The van der Waals surface area contributed by atoms with E-state index in [1.165, 1.54) is 36.7 Å². The maximum atomic E-state index is 12.1. The van der Waals surface area contributed by atoms with E-state index in [-0.39, 0.29) is 10.6 Å². The van der Waals surface area contributed by atoms with Gasteiger partial charge in [0.25, 0.3) is 5.91 Å². The topological polar surface area (TPSA) is 98.2 Å². The van der Waals surface area contributed by atoms with E-state index in [1.807, 2.05) is 6.92 Å². The van der Waals surface area contributed by atoms with Crippen LogP contribution in [0, 0.1) is 0 Å². The highest BCUT2D eigenvalue weighted by Crippen LogP contribution is 2.15. The number of carbonyl (C=O) groups excluding carboxylic acids is 1. The number of ether oxygens (including phenoxy) is 1. The van der Waals surface area contributed by atoms with Gasteiger partial charge in [-0.15, -0.1) is 0 Å². The Balaban J connectivity index is 2.13. The quantitative estimate of drug-likeness (QED) is 0.897. The Hall–Kier alpha value is -2.48. The molecule has 2 aromatic rings. The molecule has 1 N–H and O–H groups in total. The molecular weight excluding hydrogens is 306 g/mol. The fraction of sp³-hybridized carbons (Fsp3) is 0.214. The minimum Gasteiger partial charge on any atom is -0.478 e. The fourth-order valence-electron chi connectivity index (χ4n) is 1.67. The van der Waals surface area contributed by atoms with E-state index in [0.717, 1.165) is 6.26 Å². The van der Waals surface area contributed by atoms with Gasteiger partial charge in [-0.1, -0.05) is 0 Å². The summed E-state index contributed by atoms with van der Waals surface area (Å²) in [4.78, 5) is 20.0. The molecule has 22 heavy (non-hydrogen) atoms. The molecule has 116 valence electrons. The van der Waals surface area contributed by atoms with Gasteiger partial charge in [-0.05, 0) is 31.2 Å². The number of carbonyl (C=O) groups is 1. The molecule has 7 nitrogen and oxygen atoms in total. The largest absolute Gasteiger partial charge is 0.478 e. The molecule has 0 bridgehead atoms. The van der Waals surface area contributed by atoms with Crippen LogP contribution < -0.4 is 10.1 Å². The highest BCUT2D eigenvalue weighted by Gasteiger charge is 2.11. The number of benzene rings is 1. The summed E-state index contributed by atoms with van der Waals surface area (Å²) in [5.74, 6) is -0.120. The predicted molar refractivity (Wildman–Crippen MR) is 80.7 cm³/mol. The van der Waals surface area contributed by atoms with E-state index < -0.39 is 15.7 Å². The number of aromatic nitrogens is 2. The lowest BCUT2D eigenvalue weighted by molar-refractivity contribution is 0.102. The first kappa shape index (κ1) is 15.9. The van der Waals surface area contributed by atoms with E-state index in [1.54, 1.807) is 0 Å². The number of anilines is 1. The van der Waals surface area contributed by atoms with Gasteiger partial charge < -0.3 is 10.1 Å². The number of amides is 1. The van der Waals surface area contributed by atoms with E-state index in [4.69, 9.17) is 4.74 Å². The van der Waals surface area contributed by atoms with Crippen molar-refractivity contribution in [3.05, 3.63) is 42.4 Å². The van der Waals surface area contributed by atoms with E-state index in [2.05, 4.69) is 15.3 Å². The third-order valence-electron chi connectivity index (χ3n) is 2.71. The molecule has 1 amide bonds. The molecule has 0 aliphatic rings. The lowest BCUT2D eigenvalue weighted by Crippen LogP contribution is -2.14. The van der Waals surface area contributed by atoms with Crippen molar-refractivity contribution in [1.82, 2.24) is 9.97 Å². The summed E-state index contributed by atoms with van der Waals surface area (Å²) in [5.41, 5.74) is 0.625. The van der Waals surface area contributed by atoms with Gasteiger partial charge in [0.05, 0.1) is 11.5 Å². The first-order valence-electron chi connectivity index (χ1n) is 6.46. The minimum atomic E-state index is -3.26. The first-order chi connectivity index (χ1) is 10.4. The number of nitrogens with zero attached hydrogens (tertiary/aromatic N) is 2. The average molecular weight is 321 g/mol. The summed E-state index contributed by atoms with van der Waals surface area (Å²) in [7, 11) is -3.26. The van der Waals surface area contributed by atoms with Crippen molar-refractivity contribution in [3.8, 4) is 5.88 Å². The molecule has 0 spiro atoms. The molecule has 2 rings (SSSR count). The molecule has 1 aromatic carbocycles. The van der Waals surface area contributed by atoms with E-state index in [9.17, 15) is 13.2 Å². The Morgan fingerprint density at radius 1 is 1.23 bits per heavy atom. The summed E-state index contributed by atoms with van der Waals surface area (Å²) in [6, 6.07) is 7.31. The molecule has 0 radical (unpaired) electrons. The predicted octanol–water partition coefficient (Wildman–Crippen LogP) is 1.53. The van der Waals surface area contributed by atoms with Crippen molar-refractivity contribution < 1.29 is 17.9 Å². The van der Waals surface area contributed by atoms with E-state index >= 15 is 0 Å². The highest BCUT2D eigenvalue weighted by atomic mass is 32.2. The van der Waals surface area contributed by atoms with Crippen molar-refractivity contribution in [2.75, 3.05) is 18.2 Å². The second-order valence-corrected chi connectivity index (χ2v) is 6.44. The molecule has 8 heteroatoms. The molecule has 0 fully saturated rings. The van der Waals surface area contributed by atoms with Crippen LogP contribution in [0.25, 0.3) is 0 Å². The van der Waals surface area contributed by atoms with Gasteiger partial charge in [0, 0.05) is 18.0 Å². The summed E-state index contributed by atoms with van der Waals surface area (Å²) in [6.45, 7) is 2.25. The molecule has 0 atom stereocenters. The molecule has 1 heterocycles. The summed E-state index contributed by atoms with van der Waals surface area (Å²) in [5, 5.41) is 2.63. The van der Waals surface area contributed by atoms with Crippen molar-refractivity contribution in [2.45, 2.75) is 11.8 Å². The molecule has 0 saturated heterocycles. The maximum absolute atomic E-state index is 12.1. The van der Waals surface area contributed by atoms with Crippen LogP contribution in [0.5, 0.6) is 5.88 Å². The molecule has 1 aromatic heterocycles. The maximum Gasteiger partial charge on any atom is 0.274 e. The van der Waals surface area contributed by atoms with Crippen LogP contribution in [-0.4, -0.2) is 37.2 Å². The van der Waals surface area contributed by atoms with Crippen LogP contribution in [0.3, 0.4) is 0 Å². The van der Waals surface area contributed by atoms with Crippen LogP contribution in [0.15, 0.2) is 41.6 Å². The Bertz CT molecular complexity index is 773. The SMILES string of the molecule is CCOc1cc(C(=O)Nc2ccc(S(C)(=O)=O)cc2)ncn1. The van der Waals surface area contributed by atoms with Crippen LogP contribution >= 0.6 is 0 Å². The van der Waals surface area contributed by atoms with Gasteiger partial charge >= 0.3 is 0 Å². The number of sulfone groups is 1. The molecule has 0 aliphatic heterocycles. The van der Waals surface area contributed by atoms with Gasteiger partial charge in [0.2, 0.25) is 5.88 Å². The summed E-state index contributed by atoms with van der Waals surface area (Å²) in [6.07, 6.45) is 2.36. The van der Waals surface area contributed by atoms with Gasteiger partial charge in [-0.25, -0.2) is 18.4 Å². The first-order valence-corrected chi connectivity index (χ1v) is 8.35. The smallest absolute Gasteiger partial charge is 0.274 e. The highest BCUT2D eigenvalue weighted by molar-refractivity contribution is 7.90. The standard InChI is InChI=1S/C14H15N3O4S/c1-3-21-13-8-12(15-9-16-13)14(18)17-10-4-6-11(7-5-10)22(2,19)20/h4-9H,3H2,1-2H3,(H,17,18). The average Bonchev–Trinajstić information content (AvgIpc) is 2.47. The van der Waals surface area contributed by atoms with Crippen LogP contribution in [0.1, 0.15) is 17.4 Å². The second kappa shape index (κ2) is 6.52. The van der Waals surface area contributed by atoms with Crippen LogP contribution in [-0.2, 0) is 9.84 Å². The number of hydrogen-bond acceptors (Lipinski definition) is 6. The molecule has 0 saturated carbocycles. The zero-order valence-electron chi connectivity index (χ0n) is 12.1. The van der Waals surface area contributed by atoms with Gasteiger partial charge in [-0.3, -0.25) is 4.79 Å². The van der Waals surface area contributed by atoms with Crippen molar-refractivity contribution in [3.63, 3.8) is 0 Å². The molecule has 0 unspecified atom stereocenters. The Morgan fingerprint density at radius 2 is 1.91 bits per heavy atom. The van der Waals surface area contributed by atoms with Crippen molar-refractivity contribution >= 4 is 21.4 Å². The minimum absolute atomic E-state index is 0.158. The summed E-state index contributed by atoms with van der Waals surface area (Å²) >= 11 is 0. The van der Waals surface area contributed by atoms with Crippen LogP contribution in [0.4, 0.5) is 5.69 Å². The number of rotatable bonds is 5. The summed E-state index contributed by atoms with van der Waals surface area (Å²) < 4.78 is 27.9. The zero-order chi connectivity index (χ0) is 16.2. The van der Waals surface area contributed by atoms with Gasteiger partial charge in [0.15, 0.2) is 9.84 Å². The van der Waals surface area contributed by atoms with Gasteiger partial charge in [0.1, 0.15) is 12.0 Å². The van der Waals surface area contributed by atoms with Crippen molar-refractivity contribution in [1.29, 1.82) is 0 Å². The van der Waals surface area contributed by atoms with E-state index in [0.29, 0.717) is 18.2 Å². The number of hydrogen-bond donors (Lipinski definition) is 1. The third kappa shape index (κ3) is 4.01. The second-order valence-electron chi connectivity index (χ2n) is 4.43. The lowest BCUT2D eigenvalue weighted by atomic mass is 10.3. The molecule has 0 aliphatic carbocycles.